The van der Waals surface area contributed by atoms with Crippen molar-refractivity contribution in [2.24, 2.45) is 0 Å². The molecule has 0 aliphatic heterocycles. The van der Waals surface area contributed by atoms with Crippen molar-refractivity contribution in [3.8, 4) is 0 Å². The summed E-state index contributed by atoms with van der Waals surface area (Å²) in [6, 6.07) is 0. The van der Waals surface area contributed by atoms with E-state index >= 15 is 0 Å². The van der Waals surface area contributed by atoms with Crippen molar-refractivity contribution in [3.05, 3.63) is 0 Å². The molecule has 0 aliphatic carbocycles. The molecule has 0 aromatic heterocycles. The van der Waals surface area contributed by atoms with Gasteiger partial charge in [-0.3, -0.25) is 0 Å². The molecule has 1 amide bonds. The normalized spacial score (nSPS) is 8.00. The molecule has 0 radical (unpaired) electrons. The molecule has 0 saturated heterocycles. The average Bonchev–Trinajstić information content (AvgIpc) is 1.68. The SMILES string of the molecule is CCCC(=O)[NH][Nd]. The van der Waals surface area contributed by atoms with E-state index in [2.05, 4.69) is 1.40 Å². The van der Waals surface area contributed by atoms with Crippen molar-refractivity contribution in [2.45, 2.75) is 19.8 Å². The number of carbonyl (C=O) groups is 1. The molecular weight excluding hydrogens is 222 g/mol. The molecule has 0 atom stereocenters. The zero-order valence-corrected chi connectivity index (χ0v) is 7.53. The van der Waals surface area contributed by atoms with E-state index in [1.807, 2.05) is 6.92 Å². The summed E-state index contributed by atoms with van der Waals surface area (Å²) in [5.41, 5.74) is 0. The van der Waals surface area contributed by atoms with Crippen LogP contribution in [-0.2, 0) is 4.79 Å². The Balaban J connectivity index is 3.00. The van der Waals surface area contributed by atoms with Crippen molar-refractivity contribution in [1.82, 2.24) is 1.40 Å². The predicted molar refractivity (Wildman–Crippen MR) is 23.1 cm³/mol. The Morgan fingerprint density at radius 3 is 2.57 bits per heavy atom. The average molecular weight is 230 g/mol. The van der Waals surface area contributed by atoms with Gasteiger partial charge < -0.3 is 0 Å². The number of hydrogen-bond acceptors (Lipinski definition) is 1. The first-order valence-corrected chi connectivity index (χ1v) is 3.87. The molecule has 2 nitrogen and oxygen atoms in total. The van der Waals surface area contributed by atoms with Gasteiger partial charge >= 0.3 is 71.0 Å². The summed E-state index contributed by atoms with van der Waals surface area (Å²) in [5, 5.41) is 0. The van der Waals surface area contributed by atoms with Gasteiger partial charge in [0.15, 0.2) is 0 Å². The first-order chi connectivity index (χ1) is 3.31. The molecule has 0 spiro atoms. The van der Waals surface area contributed by atoms with E-state index < -0.39 is 0 Å². The molecule has 0 saturated carbocycles. The van der Waals surface area contributed by atoms with Gasteiger partial charge in [0.25, 0.3) is 0 Å². The standard InChI is InChI=1S/C4H9NO.Nd/c1-2-3-4(5)6;/h2-3H2,1H3,(H2,5,6);/q;+1/p-1. The third kappa shape index (κ3) is 4.68. The summed E-state index contributed by atoms with van der Waals surface area (Å²) in [4.78, 5) is 10.3. The Morgan fingerprint density at radius 2 is 2.43 bits per heavy atom. The van der Waals surface area contributed by atoms with Crippen molar-refractivity contribution in [1.29, 1.82) is 0 Å². The van der Waals surface area contributed by atoms with E-state index in [4.69, 9.17) is 0 Å². The van der Waals surface area contributed by atoms with Crippen molar-refractivity contribution >= 4 is 5.91 Å². The summed E-state index contributed by atoms with van der Waals surface area (Å²) >= 11 is 0.788. The minimum absolute atomic E-state index is 0.189. The van der Waals surface area contributed by atoms with Crippen molar-refractivity contribution in [2.75, 3.05) is 0 Å². The third-order valence-electron chi connectivity index (χ3n) is 0.616. The minimum atomic E-state index is 0.189. The molecule has 7 heavy (non-hydrogen) atoms. The number of hydrogen-bond donors (Lipinski definition) is 1. The van der Waals surface area contributed by atoms with Crippen molar-refractivity contribution < 1.29 is 44.0 Å². The maximum atomic E-state index is 10.3. The van der Waals surface area contributed by atoms with Crippen LogP contribution in [0.3, 0.4) is 0 Å². The number of nitrogens with one attached hydrogen (secondary N) is 1. The topological polar surface area (TPSA) is 29.1 Å². The fourth-order valence-electron chi connectivity index (χ4n) is 0.290. The van der Waals surface area contributed by atoms with E-state index in [0.29, 0.717) is 6.42 Å². The Bertz CT molecular complexity index is 64.7. The molecule has 0 heterocycles. The molecule has 0 fully saturated rings. The second kappa shape index (κ2) is 4.97. The van der Waals surface area contributed by atoms with Crippen LogP contribution < -0.4 is 1.40 Å². The van der Waals surface area contributed by atoms with Crippen LogP contribution in [0.4, 0.5) is 0 Å². The van der Waals surface area contributed by atoms with Crippen LogP contribution >= 0.6 is 0 Å². The molecule has 0 rings (SSSR count). The van der Waals surface area contributed by atoms with Crippen LogP contribution in [-0.4, -0.2) is 5.91 Å². The summed E-state index contributed by atoms with van der Waals surface area (Å²) < 4.78 is 2.67. The second-order valence-corrected chi connectivity index (χ2v) is 2.10. The van der Waals surface area contributed by atoms with Gasteiger partial charge in [-0.15, -0.1) is 0 Å². The summed E-state index contributed by atoms with van der Waals surface area (Å²) in [7, 11) is 0. The molecule has 0 aliphatic rings. The molecule has 0 aromatic carbocycles. The van der Waals surface area contributed by atoms with Gasteiger partial charge in [-0.2, -0.15) is 0 Å². The van der Waals surface area contributed by atoms with E-state index in [1.165, 1.54) is 0 Å². The predicted octanol–water partition coefficient (Wildman–Crippen LogP) is 0.367. The molecular formula is C4H8NNdO. The van der Waals surface area contributed by atoms with Crippen LogP contribution in [0.5, 0.6) is 0 Å². The number of amides is 1. The first-order valence-electron chi connectivity index (χ1n) is 2.26. The fraction of sp³-hybridized carbons (Fsp3) is 0.750. The van der Waals surface area contributed by atoms with Crippen molar-refractivity contribution in [3.63, 3.8) is 0 Å². The molecule has 1 N–H and O–H groups in total. The van der Waals surface area contributed by atoms with Gasteiger partial charge in [0, 0.05) is 0 Å². The second-order valence-electron chi connectivity index (χ2n) is 1.30. The third-order valence-corrected chi connectivity index (χ3v) is 1.51. The number of rotatable bonds is 2. The molecule has 0 aromatic rings. The Labute approximate surface area is 70.4 Å². The van der Waals surface area contributed by atoms with E-state index in [9.17, 15) is 4.79 Å². The zero-order valence-electron chi connectivity index (χ0n) is 4.32. The van der Waals surface area contributed by atoms with Gasteiger partial charge in [-0.25, -0.2) is 0 Å². The summed E-state index contributed by atoms with van der Waals surface area (Å²) in [5.74, 6) is 0.189. The van der Waals surface area contributed by atoms with Crippen LogP contribution in [0.1, 0.15) is 19.8 Å². The van der Waals surface area contributed by atoms with Gasteiger partial charge in [0.2, 0.25) is 0 Å². The molecule has 39 valence electrons. The summed E-state index contributed by atoms with van der Waals surface area (Å²) in [6.07, 6.45) is 1.64. The monoisotopic (exact) mass is 228 g/mol. The fourth-order valence-corrected chi connectivity index (χ4v) is 0.691. The Morgan fingerprint density at radius 1 is 1.86 bits per heavy atom. The first kappa shape index (κ1) is 7.82. The van der Waals surface area contributed by atoms with Gasteiger partial charge in [-0.1, -0.05) is 0 Å². The quantitative estimate of drug-likeness (QED) is 0.729. The zero-order chi connectivity index (χ0) is 5.70. The molecule has 0 bridgehead atoms. The van der Waals surface area contributed by atoms with Crippen LogP contribution in [0.15, 0.2) is 0 Å². The van der Waals surface area contributed by atoms with Crippen LogP contribution in [0.2, 0.25) is 0 Å². The van der Waals surface area contributed by atoms with Gasteiger partial charge in [0.05, 0.1) is 0 Å². The molecule has 3 heteroatoms. The van der Waals surface area contributed by atoms with E-state index in [1.54, 1.807) is 0 Å². The van der Waals surface area contributed by atoms with Gasteiger partial charge in [-0.05, 0) is 0 Å². The van der Waals surface area contributed by atoms with E-state index in [0.717, 1.165) is 45.6 Å². The Hall–Kier alpha value is 0.821. The maximum absolute atomic E-state index is 10.3. The number of carbonyl (C=O) groups excluding carboxylic acids is 1. The van der Waals surface area contributed by atoms with Crippen LogP contribution in [0.25, 0.3) is 0 Å². The van der Waals surface area contributed by atoms with Crippen LogP contribution in [0, 0.1) is 39.2 Å². The van der Waals surface area contributed by atoms with Gasteiger partial charge in [0.1, 0.15) is 0 Å². The van der Waals surface area contributed by atoms with E-state index in [-0.39, 0.29) is 5.91 Å². The summed E-state index contributed by atoms with van der Waals surface area (Å²) in [6.45, 7) is 2.00. The molecule has 0 unspecified atom stereocenters. The Kier molecular flexibility index (Phi) is 5.55.